The Morgan fingerprint density at radius 2 is 1.74 bits per heavy atom. The summed E-state index contributed by atoms with van der Waals surface area (Å²) in [6.45, 7) is 5.37. The summed E-state index contributed by atoms with van der Waals surface area (Å²) in [5, 5.41) is 8.47. The van der Waals surface area contributed by atoms with Gasteiger partial charge in [0, 0.05) is 74.1 Å². The number of imide groups is 1. The molecule has 13 heteroatoms. The number of nitrogens with one attached hydrogen (secondary N) is 3. The lowest BCUT2D eigenvalue weighted by molar-refractivity contribution is -0.137. The number of carbonyl (C=O) groups excluding carboxylic acids is 5. The van der Waals surface area contributed by atoms with Crippen LogP contribution in [0.4, 0.5) is 5.69 Å². The molecule has 0 aromatic heterocycles. The van der Waals surface area contributed by atoms with Gasteiger partial charge in [-0.25, -0.2) is 0 Å². The van der Waals surface area contributed by atoms with Crippen LogP contribution in [0.15, 0.2) is 42.5 Å². The number of nitrogens with zero attached hydrogens (tertiary/aromatic N) is 3. The lowest BCUT2D eigenvalue weighted by atomic mass is 10.0. The van der Waals surface area contributed by atoms with E-state index in [-0.39, 0.29) is 55.1 Å². The molecule has 47 heavy (non-hydrogen) atoms. The average molecular weight is 647 g/mol. The first-order chi connectivity index (χ1) is 22.8. The number of piperidine rings is 2. The van der Waals surface area contributed by atoms with Gasteiger partial charge in [-0.05, 0) is 56.0 Å². The third kappa shape index (κ3) is 7.47. The minimum absolute atomic E-state index is 0.0807. The van der Waals surface area contributed by atoms with Gasteiger partial charge in [-0.1, -0.05) is 12.1 Å². The van der Waals surface area contributed by atoms with Crippen LogP contribution in [0, 0.1) is 0 Å². The Morgan fingerprint density at radius 3 is 2.49 bits per heavy atom. The molecule has 0 saturated carbocycles. The van der Waals surface area contributed by atoms with Gasteiger partial charge in [-0.15, -0.1) is 0 Å². The molecule has 2 atom stereocenters. The van der Waals surface area contributed by atoms with Crippen LogP contribution in [-0.4, -0.2) is 115 Å². The van der Waals surface area contributed by atoms with Crippen molar-refractivity contribution in [2.75, 3.05) is 58.4 Å². The average Bonchev–Trinajstić information content (AvgIpc) is 3.39. The normalized spacial score (nSPS) is 22.0. The van der Waals surface area contributed by atoms with E-state index in [0.29, 0.717) is 47.9 Å². The molecular weight excluding hydrogens is 604 g/mol. The van der Waals surface area contributed by atoms with Gasteiger partial charge in [0.25, 0.3) is 11.8 Å². The van der Waals surface area contributed by atoms with Gasteiger partial charge in [0.2, 0.25) is 17.7 Å². The number of amides is 5. The van der Waals surface area contributed by atoms with Gasteiger partial charge in [-0.2, -0.15) is 0 Å². The number of likely N-dealkylation sites (tertiary alicyclic amines) is 2. The van der Waals surface area contributed by atoms with Gasteiger partial charge < -0.3 is 29.9 Å². The van der Waals surface area contributed by atoms with E-state index in [1.165, 1.54) is 4.90 Å². The first-order valence-electron chi connectivity index (χ1n) is 16.4. The third-order valence-electron chi connectivity index (χ3n) is 9.60. The predicted molar refractivity (Wildman–Crippen MR) is 172 cm³/mol. The molecule has 250 valence electrons. The van der Waals surface area contributed by atoms with Crippen LogP contribution in [0.3, 0.4) is 0 Å². The number of carbonyl (C=O) groups is 5. The first-order valence-corrected chi connectivity index (χ1v) is 16.4. The van der Waals surface area contributed by atoms with Crippen molar-refractivity contribution in [2.24, 2.45) is 0 Å². The highest BCUT2D eigenvalue weighted by molar-refractivity contribution is 6.07. The van der Waals surface area contributed by atoms with Crippen LogP contribution in [0.25, 0.3) is 0 Å². The van der Waals surface area contributed by atoms with Crippen molar-refractivity contribution >= 4 is 35.2 Å². The van der Waals surface area contributed by atoms with Gasteiger partial charge >= 0.3 is 0 Å². The van der Waals surface area contributed by atoms with Crippen molar-refractivity contribution in [3.63, 3.8) is 0 Å². The molecule has 3 saturated heterocycles. The highest BCUT2D eigenvalue weighted by Gasteiger charge is 2.40. The summed E-state index contributed by atoms with van der Waals surface area (Å²) in [6, 6.07) is 11.5. The van der Waals surface area contributed by atoms with E-state index in [1.807, 2.05) is 12.1 Å². The minimum Gasteiger partial charge on any atom is -0.497 e. The van der Waals surface area contributed by atoms with Crippen LogP contribution in [-0.2, 0) is 25.7 Å². The molecule has 0 spiro atoms. The van der Waals surface area contributed by atoms with Crippen LogP contribution < -0.4 is 20.7 Å². The molecule has 5 amide bonds. The van der Waals surface area contributed by atoms with E-state index in [4.69, 9.17) is 9.47 Å². The molecule has 4 heterocycles. The molecule has 4 aliphatic heterocycles. The van der Waals surface area contributed by atoms with E-state index in [9.17, 15) is 24.0 Å². The largest absolute Gasteiger partial charge is 0.497 e. The summed E-state index contributed by atoms with van der Waals surface area (Å²) in [5.41, 5.74) is 2.32. The van der Waals surface area contributed by atoms with Crippen LogP contribution in [0.1, 0.15) is 58.4 Å². The molecule has 1 unspecified atom stereocenters. The van der Waals surface area contributed by atoms with Crippen LogP contribution in [0.2, 0.25) is 0 Å². The molecular formula is C34H42N6O7. The zero-order valence-electron chi connectivity index (χ0n) is 26.7. The third-order valence-corrected chi connectivity index (χ3v) is 9.60. The van der Waals surface area contributed by atoms with E-state index in [2.05, 4.69) is 25.8 Å². The van der Waals surface area contributed by atoms with E-state index < -0.39 is 11.9 Å². The Balaban J connectivity index is 0.891. The standard InChI is InChI=1S/C34H42N6O7/c1-46-24-5-2-4-22(20-24)31(42)35-23-10-13-38(14-11-23)16-18-47-19-17-39-15-12-28(39)32(43)36-27-7-3-6-25-26(27)21-40(34(25)45)29-8-9-30(41)37-33(29)44/h2-7,20,23,28-29H,8-19,21H2,1H3,(H,35,42)(H,36,43)(H,37,41,44)/t28-,29?/m1/s1. The molecule has 3 N–H and O–H groups in total. The molecule has 0 aliphatic carbocycles. The maximum Gasteiger partial charge on any atom is 0.255 e. The monoisotopic (exact) mass is 646 g/mol. The molecule has 2 aromatic carbocycles. The summed E-state index contributed by atoms with van der Waals surface area (Å²) in [4.78, 5) is 68.9. The van der Waals surface area contributed by atoms with Gasteiger partial charge in [0.05, 0.1) is 26.4 Å². The van der Waals surface area contributed by atoms with E-state index >= 15 is 0 Å². The molecule has 3 fully saturated rings. The maximum absolute atomic E-state index is 13.2. The van der Waals surface area contributed by atoms with Gasteiger partial charge in [0.1, 0.15) is 11.8 Å². The smallest absolute Gasteiger partial charge is 0.255 e. The predicted octanol–water partition coefficient (Wildman–Crippen LogP) is 1.38. The van der Waals surface area contributed by atoms with Crippen molar-refractivity contribution in [1.82, 2.24) is 25.3 Å². The number of benzene rings is 2. The summed E-state index contributed by atoms with van der Waals surface area (Å²) in [6.07, 6.45) is 2.98. The number of rotatable bonds is 12. The van der Waals surface area contributed by atoms with Crippen LogP contribution in [0.5, 0.6) is 5.75 Å². The highest BCUT2D eigenvalue weighted by atomic mass is 16.5. The Hall–Kier alpha value is -4.33. The lowest BCUT2D eigenvalue weighted by Crippen LogP contribution is -2.55. The topological polar surface area (TPSA) is 150 Å². The summed E-state index contributed by atoms with van der Waals surface area (Å²) < 4.78 is 11.1. The van der Waals surface area contributed by atoms with Crippen molar-refractivity contribution in [1.29, 1.82) is 0 Å². The van der Waals surface area contributed by atoms with Crippen molar-refractivity contribution in [3.05, 3.63) is 59.2 Å². The SMILES string of the molecule is COc1cccc(C(=O)NC2CCN(CCOCCN3CC[C@@H]3C(=O)Nc3cccc4c3CN(C3CCC(=O)NC3=O)C4=O)CC2)c1. The number of hydrogen-bond donors (Lipinski definition) is 3. The Kier molecular flexibility index (Phi) is 10.1. The fourth-order valence-electron chi connectivity index (χ4n) is 6.74. The highest BCUT2D eigenvalue weighted by Crippen LogP contribution is 2.33. The Morgan fingerprint density at radius 1 is 0.957 bits per heavy atom. The van der Waals surface area contributed by atoms with Gasteiger partial charge in [0.15, 0.2) is 0 Å². The second kappa shape index (κ2) is 14.6. The number of fused-ring (bicyclic) bond motifs is 1. The summed E-state index contributed by atoms with van der Waals surface area (Å²) >= 11 is 0. The van der Waals surface area contributed by atoms with Crippen LogP contribution >= 0.6 is 0 Å². The molecule has 4 aliphatic rings. The fraction of sp³-hybridized carbons (Fsp3) is 0.500. The number of ether oxygens (including phenoxy) is 2. The zero-order chi connectivity index (χ0) is 32.9. The Bertz CT molecular complexity index is 1520. The fourth-order valence-corrected chi connectivity index (χ4v) is 6.74. The number of methoxy groups -OCH3 is 1. The van der Waals surface area contributed by atoms with Crippen molar-refractivity contribution in [3.8, 4) is 5.75 Å². The second-order valence-corrected chi connectivity index (χ2v) is 12.5. The van der Waals surface area contributed by atoms with Gasteiger partial charge in [-0.3, -0.25) is 34.2 Å². The first kappa shape index (κ1) is 32.6. The maximum atomic E-state index is 13.2. The Labute approximate surface area is 273 Å². The van der Waals surface area contributed by atoms with Crippen molar-refractivity contribution < 1.29 is 33.4 Å². The molecule has 13 nitrogen and oxygen atoms in total. The van der Waals surface area contributed by atoms with Crippen molar-refractivity contribution in [2.45, 2.75) is 56.8 Å². The minimum atomic E-state index is -0.705. The van der Waals surface area contributed by atoms with E-state index in [0.717, 1.165) is 45.4 Å². The number of hydrogen-bond acceptors (Lipinski definition) is 9. The molecule has 0 bridgehead atoms. The number of anilines is 1. The molecule has 0 radical (unpaired) electrons. The van der Waals surface area contributed by atoms with E-state index in [1.54, 1.807) is 37.4 Å². The molecule has 2 aromatic rings. The summed E-state index contributed by atoms with van der Waals surface area (Å²) in [7, 11) is 1.59. The quantitative estimate of drug-likeness (QED) is 0.230. The summed E-state index contributed by atoms with van der Waals surface area (Å²) in [5.74, 6) is -0.606. The lowest BCUT2D eigenvalue weighted by Gasteiger charge is -2.39. The molecule has 6 rings (SSSR count). The second-order valence-electron chi connectivity index (χ2n) is 12.5. The zero-order valence-corrected chi connectivity index (χ0v) is 26.7.